The summed E-state index contributed by atoms with van der Waals surface area (Å²) in [7, 11) is 0. The Bertz CT molecular complexity index is 551. The summed E-state index contributed by atoms with van der Waals surface area (Å²) < 4.78 is 62.0. The number of nitrogens with one attached hydrogen (secondary N) is 2. The molecule has 0 bridgehead atoms. The van der Waals surface area contributed by atoms with Crippen LogP contribution in [0.3, 0.4) is 0 Å². The number of hydrogen-bond acceptors (Lipinski definition) is 2. The second-order valence-corrected chi connectivity index (χ2v) is 3.87. The summed E-state index contributed by atoms with van der Waals surface area (Å²) in [4.78, 5) is 21.7. The van der Waals surface area contributed by atoms with E-state index in [1.54, 1.807) is 0 Å². The molecular weight excluding hydrogens is 303 g/mol. The SMILES string of the molecule is O=C(NCC(F)(F)C(F)F)Nc1ccc(C(=O)O)c(F)c1. The zero-order chi connectivity index (χ0) is 16.2. The first-order chi connectivity index (χ1) is 9.63. The van der Waals surface area contributed by atoms with Gasteiger partial charge in [-0.3, -0.25) is 0 Å². The maximum absolute atomic E-state index is 13.3. The van der Waals surface area contributed by atoms with Crippen molar-refractivity contribution >= 4 is 17.7 Å². The highest BCUT2D eigenvalue weighted by molar-refractivity contribution is 5.91. The van der Waals surface area contributed by atoms with E-state index >= 15 is 0 Å². The minimum absolute atomic E-state index is 0.227. The second kappa shape index (κ2) is 6.37. The Kier molecular flexibility index (Phi) is 5.06. The summed E-state index contributed by atoms with van der Waals surface area (Å²) in [5.74, 6) is -7.08. The Balaban J connectivity index is 2.64. The van der Waals surface area contributed by atoms with Gasteiger partial charge in [-0.2, -0.15) is 8.78 Å². The molecule has 2 amide bonds. The largest absolute Gasteiger partial charge is 0.478 e. The Morgan fingerprint density at radius 2 is 1.90 bits per heavy atom. The first-order valence-corrected chi connectivity index (χ1v) is 5.37. The molecule has 0 atom stereocenters. The van der Waals surface area contributed by atoms with Crippen LogP contribution in [0.1, 0.15) is 10.4 Å². The summed E-state index contributed by atoms with van der Waals surface area (Å²) in [6.07, 6.45) is -3.94. The molecule has 0 unspecified atom stereocenters. The van der Waals surface area contributed by atoms with Crippen molar-refractivity contribution in [3.8, 4) is 0 Å². The van der Waals surface area contributed by atoms with E-state index < -0.39 is 42.3 Å². The molecule has 0 heterocycles. The summed E-state index contributed by atoms with van der Waals surface area (Å²) >= 11 is 0. The lowest BCUT2D eigenvalue weighted by atomic mass is 10.2. The van der Waals surface area contributed by atoms with Gasteiger partial charge in [0.2, 0.25) is 0 Å². The van der Waals surface area contributed by atoms with Gasteiger partial charge in [-0.1, -0.05) is 0 Å². The van der Waals surface area contributed by atoms with E-state index in [1.807, 2.05) is 5.32 Å². The van der Waals surface area contributed by atoms with Gasteiger partial charge < -0.3 is 15.7 Å². The van der Waals surface area contributed by atoms with E-state index in [0.717, 1.165) is 12.1 Å². The monoisotopic (exact) mass is 312 g/mol. The minimum atomic E-state index is -4.39. The highest BCUT2D eigenvalue weighted by atomic mass is 19.3. The van der Waals surface area contributed by atoms with Crippen molar-refractivity contribution in [2.75, 3.05) is 11.9 Å². The lowest BCUT2D eigenvalue weighted by molar-refractivity contribution is -0.123. The Labute approximate surface area is 114 Å². The van der Waals surface area contributed by atoms with E-state index in [2.05, 4.69) is 0 Å². The number of hydrogen-bond donors (Lipinski definition) is 3. The van der Waals surface area contributed by atoms with E-state index in [0.29, 0.717) is 6.07 Å². The van der Waals surface area contributed by atoms with Crippen LogP contribution in [0.15, 0.2) is 18.2 Å². The number of urea groups is 1. The van der Waals surface area contributed by atoms with E-state index in [-0.39, 0.29) is 5.69 Å². The van der Waals surface area contributed by atoms with Gasteiger partial charge in [-0.05, 0) is 18.2 Å². The van der Waals surface area contributed by atoms with Crippen LogP contribution < -0.4 is 10.6 Å². The molecule has 0 saturated carbocycles. The van der Waals surface area contributed by atoms with E-state index in [4.69, 9.17) is 5.11 Å². The van der Waals surface area contributed by atoms with Crippen molar-refractivity contribution in [3.05, 3.63) is 29.6 Å². The van der Waals surface area contributed by atoms with Crippen molar-refractivity contribution in [2.24, 2.45) is 0 Å². The Morgan fingerprint density at radius 3 is 2.38 bits per heavy atom. The van der Waals surface area contributed by atoms with Crippen LogP contribution in [-0.2, 0) is 0 Å². The number of amides is 2. The third-order valence-corrected chi connectivity index (χ3v) is 2.26. The maximum atomic E-state index is 13.3. The number of carboxylic acid groups (broad SMARTS) is 1. The van der Waals surface area contributed by atoms with Crippen LogP contribution in [0.2, 0.25) is 0 Å². The van der Waals surface area contributed by atoms with Crippen molar-refractivity contribution in [3.63, 3.8) is 0 Å². The van der Waals surface area contributed by atoms with Crippen molar-refractivity contribution in [1.82, 2.24) is 5.32 Å². The summed E-state index contributed by atoms with van der Waals surface area (Å²) in [5, 5.41) is 12.0. The lowest BCUT2D eigenvalue weighted by Gasteiger charge is -2.16. The van der Waals surface area contributed by atoms with Gasteiger partial charge in [0.05, 0.1) is 12.1 Å². The summed E-state index contributed by atoms with van der Waals surface area (Å²) in [6.45, 7) is -1.60. The fourth-order valence-corrected chi connectivity index (χ4v) is 1.22. The highest BCUT2D eigenvalue weighted by Crippen LogP contribution is 2.21. The zero-order valence-electron chi connectivity index (χ0n) is 10.2. The summed E-state index contributed by atoms with van der Waals surface area (Å²) in [6, 6.07) is 1.24. The normalized spacial score (nSPS) is 11.3. The summed E-state index contributed by atoms with van der Waals surface area (Å²) in [5.41, 5.74) is -0.874. The third kappa shape index (κ3) is 4.58. The number of rotatable bonds is 5. The number of alkyl halides is 4. The van der Waals surface area contributed by atoms with Gasteiger partial charge in [0.15, 0.2) is 0 Å². The first-order valence-electron chi connectivity index (χ1n) is 5.37. The molecule has 1 aromatic carbocycles. The van der Waals surface area contributed by atoms with E-state index in [9.17, 15) is 31.5 Å². The number of halogens is 5. The molecule has 0 aliphatic carbocycles. The topological polar surface area (TPSA) is 78.4 Å². The number of benzene rings is 1. The molecule has 1 aromatic rings. The average molecular weight is 312 g/mol. The van der Waals surface area contributed by atoms with Crippen LogP contribution in [0.4, 0.5) is 32.4 Å². The lowest BCUT2D eigenvalue weighted by Crippen LogP contribution is -2.42. The van der Waals surface area contributed by atoms with Crippen LogP contribution >= 0.6 is 0 Å². The van der Waals surface area contributed by atoms with Gasteiger partial charge in [0.25, 0.3) is 0 Å². The van der Waals surface area contributed by atoms with Gasteiger partial charge >= 0.3 is 24.3 Å². The zero-order valence-corrected chi connectivity index (χ0v) is 10.2. The number of aromatic carboxylic acids is 1. The first kappa shape index (κ1) is 16.7. The van der Waals surface area contributed by atoms with Crippen LogP contribution in [0, 0.1) is 5.82 Å². The average Bonchev–Trinajstić information content (AvgIpc) is 2.36. The molecule has 116 valence electrons. The van der Waals surface area contributed by atoms with Crippen molar-refractivity contribution in [2.45, 2.75) is 12.3 Å². The standard InChI is InChI=1S/C11H9F5N2O3/c12-7-3-5(1-2-6(7)8(19)20)18-10(21)17-4-11(15,16)9(13)14/h1-3,9H,4H2,(H,19,20)(H2,17,18,21). The molecule has 21 heavy (non-hydrogen) atoms. The fraction of sp³-hybridized carbons (Fsp3) is 0.273. The molecule has 0 radical (unpaired) electrons. The molecule has 3 N–H and O–H groups in total. The number of carboxylic acids is 1. The third-order valence-electron chi connectivity index (χ3n) is 2.26. The molecule has 0 aliphatic rings. The Hall–Kier alpha value is -2.39. The molecule has 10 heteroatoms. The molecule has 1 rings (SSSR count). The molecule has 5 nitrogen and oxygen atoms in total. The van der Waals surface area contributed by atoms with Gasteiger partial charge in [0, 0.05) is 5.69 Å². The van der Waals surface area contributed by atoms with Crippen molar-refractivity contribution in [1.29, 1.82) is 0 Å². The number of carbonyl (C=O) groups is 2. The molecule has 0 aromatic heterocycles. The van der Waals surface area contributed by atoms with Gasteiger partial charge in [0.1, 0.15) is 5.82 Å². The van der Waals surface area contributed by atoms with E-state index in [1.165, 1.54) is 5.32 Å². The molecule has 0 spiro atoms. The molecular formula is C11H9F5N2O3. The number of carbonyl (C=O) groups excluding carboxylic acids is 1. The highest BCUT2D eigenvalue weighted by Gasteiger charge is 2.40. The minimum Gasteiger partial charge on any atom is -0.478 e. The maximum Gasteiger partial charge on any atom is 0.338 e. The molecule has 0 aliphatic heterocycles. The van der Waals surface area contributed by atoms with Crippen LogP contribution in [0.5, 0.6) is 0 Å². The predicted octanol–water partition coefficient (Wildman–Crippen LogP) is 2.55. The second-order valence-electron chi connectivity index (χ2n) is 3.87. The predicted molar refractivity (Wildman–Crippen MR) is 61.3 cm³/mol. The quantitative estimate of drug-likeness (QED) is 0.731. The van der Waals surface area contributed by atoms with Crippen LogP contribution in [-0.4, -0.2) is 36.0 Å². The molecule has 0 fully saturated rings. The van der Waals surface area contributed by atoms with Crippen molar-refractivity contribution < 1.29 is 36.6 Å². The van der Waals surface area contributed by atoms with Crippen LogP contribution in [0.25, 0.3) is 0 Å². The number of anilines is 1. The Morgan fingerprint density at radius 1 is 1.29 bits per heavy atom. The fourth-order valence-electron chi connectivity index (χ4n) is 1.22. The smallest absolute Gasteiger partial charge is 0.338 e. The molecule has 0 saturated heterocycles. The van der Waals surface area contributed by atoms with Gasteiger partial charge in [-0.25, -0.2) is 22.8 Å². The van der Waals surface area contributed by atoms with Gasteiger partial charge in [-0.15, -0.1) is 0 Å².